The van der Waals surface area contributed by atoms with Crippen LogP contribution in [0.1, 0.15) is 31.7 Å². The van der Waals surface area contributed by atoms with E-state index in [-0.39, 0.29) is 5.02 Å². The summed E-state index contributed by atoms with van der Waals surface area (Å²) in [5.74, 6) is -1.10. The monoisotopic (exact) mass is 299 g/mol. The average Bonchev–Trinajstić information content (AvgIpc) is 2.44. The van der Waals surface area contributed by atoms with E-state index in [4.69, 9.17) is 11.6 Å². The van der Waals surface area contributed by atoms with Crippen LogP contribution in [0.4, 0.5) is 4.39 Å². The third kappa shape index (κ3) is 3.13. The molecular formula is C15H19ClFNO2. The Morgan fingerprint density at radius 3 is 2.60 bits per heavy atom. The minimum atomic E-state index is -0.697. The van der Waals surface area contributed by atoms with Crippen LogP contribution in [0.25, 0.3) is 0 Å². The van der Waals surface area contributed by atoms with Crippen molar-refractivity contribution in [3.05, 3.63) is 34.6 Å². The molecule has 1 fully saturated rings. The summed E-state index contributed by atoms with van der Waals surface area (Å²) >= 11 is 5.66. The number of hydrogen-bond acceptors (Lipinski definition) is 2. The predicted molar refractivity (Wildman–Crippen MR) is 76.3 cm³/mol. The Morgan fingerprint density at radius 1 is 1.45 bits per heavy atom. The maximum atomic E-state index is 13.4. The first-order valence-electron chi connectivity index (χ1n) is 6.86. The van der Waals surface area contributed by atoms with Gasteiger partial charge < -0.3 is 5.11 Å². The van der Waals surface area contributed by atoms with Gasteiger partial charge in [0, 0.05) is 6.54 Å². The molecule has 1 heterocycles. The molecule has 0 unspecified atom stereocenters. The summed E-state index contributed by atoms with van der Waals surface area (Å²) in [5.41, 5.74) is 0.285. The van der Waals surface area contributed by atoms with Crippen LogP contribution in [-0.2, 0) is 11.3 Å². The van der Waals surface area contributed by atoms with E-state index in [1.807, 2.05) is 13.0 Å². The smallest absolute Gasteiger partial charge is 0.309 e. The van der Waals surface area contributed by atoms with Gasteiger partial charge in [-0.1, -0.05) is 24.6 Å². The van der Waals surface area contributed by atoms with E-state index in [9.17, 15) is 14.3 Å². The van der Waals surface area contributed by atoms with Crippen LogP contribution in [0.5, 0.6) is 0 Å². The van der Waals surface area contributed by atoms with Gasteiger partial charge in [0.05, 0.1) is 10.4 Å². The second-order valence-electron chi connectivity index (χ2n) is 5.46. The van der Waals surface area contributed by atoms with Gasteiger partial charge in [-0.25, -0.2) is 4.39 Å². The molecule has 1 saturated heterocycles. The van der Waals surface area contributed by atoms with Crippen LogP contribution in [0.3, 0.4) is 0 Å². The molecule has 5 heteroatoms. The quantitative estimate of drug-likeness (QED) is 0.924. The highest BCUT2D eigenvalue weighted by Gasteiger charge is 2.39. The van der Waals surface area contributed by atoms with Gasteiger partial charge in [0.2, 0.25) is 0 Å². The third-order valence-electron chi connectivity index (χ3n) is 4.33. The number of carboxylic acid groups (broad SMARTS) is 1. The Kier molecular flexibility index (Phi) is 4.66. The van der Waals surface area contributed by atoms with E-state index >= 15 is 0 Å². The lowest BCUT2D eigenvalue weighted by Crippen LogP contribution is -2.43. The number of likely N-dealkylation sites (tertiary alicyclic amines) is 1. The number of benzene rings is 1. The highest BCUT2D eigenvalue weighted by molar-refractivity contribution is 6.30. The van der Waals surface area contributed by atoms with Crippen molar-refractivity contribution in [3.63, 3.8) is 0 Å². The van der Waals surface area contributed by atoms with Gasteiger partial charge in [-0.05, 0) is 50.0 Å². The van der Waals surface area contributed by atoms with Gasteiger partial charge in [0.15, 0.2) is 0 Å². The van der Waals surface area contributed by atoms with Crippen molar-refractivity contribution < 1.29 is 14.3 Å². The van der Waals surface area contributed by atoms with E-state index in [1.165, 1.54) is 6.07 Å². The number of halogens is 2. The SMILES string of the molecule is CCC1(C(=O)O)CCN(Cc2ccc(Cl)c(F)c2)CC1. The molecule has 1 aliphatic heterocycles. The molecule has 3 nitrogen and oxygen atoms in total. The normalized spacial score (nSPS) is 18.9. The number of hydrogen-bond donors (Lipinski definition) is 1. The second-order valence-corrected chi connectivity index (χ2v) is 5.87. The van der Waals surface area contributed by atoms with Gasteiger partial charge >= 0.3 is 5.97 Å². The zero-order valence-corrected chi connectivity index (χ0v) is 12.3. The van der Waals surface area contributed by atoms with Crippen LogP contribution in [0, 0.1) is 11.2 Å². The van der Waals surface area contributed by atoms with Gasteiger partial charge in [0.1, 0.15) is 5.82 Å². The first kappa shape index (κ1) is 15.3. The van der Waals surface area contributed by atoms with Crippen LogP contribution >= 0.6 is 11.6 Å². The molecule has 1 N–H and O–H groups in total. The Labute approximate surface area is 123 Å². The molecule has 20 heavy (non-hydrogen) atoms. The minimum Gasteiger partial charge on any atom is -0.481 e. The third-order valence-corrected chi connectivity index (χ3v) is 4.64. The number of aliphatic carboxylic acids is 1. The van der Waals surface area contributed by atoms with E-state index < -0.39 is 17.2 Å². The lowest BCUT2D eigenvalue weighted by Gasteiger charge is -2.38. The Balaban J connectivity index is 1.97. The fourth-order valence-corrected chi connectivity index (χ4v) is 2.87. The predicted octanol–water partition coefficient (Wildman–Crippen LogP) is 3.56. The molecule has 0 spiro atoms. The molecule has 0 bridgehead atoms. The Hall–Kier alpha value is -1.13. The molecule has 2 rings (SSSR count). The number of carboxylic acids is 1. The standard InChI is InChI=1S/C15H19ClFNO2/c1-2-15(14(19)20)5-7-18(8-6-15)10-11-3-4-12(16)13(17)9-11/h3-4,9H,2,5-8,10H2,1H3,(H,19,20). The van der Waals surface area contributed by atoms with Crippen LogP contribution in [-0.4, -0.2) is 29.1 Å². The van der Waals surface area contributed by atoms with E-state index in [1.54, 1.807) is 6.07 Å². The maximum absolute atomic E-state index is 13.4. The molecule has 1 aliphatic rings. The second kappa shape index (κ2) is 6.10. The number of rotatable bonds is 4. The number of piperidine rings is 1. The molecule has 1 aromatic rings. The lowest BCUT2D eigenvalue weighted by molar-refractivity contribution is -0.152. The van der Waals surface area contributed by atoms with Crippen molar-refractivity contribution in [1.29, 1.82) is 0 Å². The fourth-order valence-electron chi connectivity index (χ4n) is 2.75. The number of carbonyl (C=O) groups is 1. The van der Waals surface area contributed by atoms with Gasteiger partial charge in [-0.3, -0.25) is 9.69 Å². The molecule has 0 saturated carbocycles. The van der Waals surface area contributed by atoms with Gasteiger partial charge in [-0.2, -0.15) is 0 Å². The molecule has 0 amide bonds. The molecule has 1 aromatic carbocycles. The van der Waals surface area contributed by atoms with Crippen LogP contribution in [0.15, 0.2) is 18.2 Å². The summed E-state index contributed by atoms with van der Waals surface area (Å²) in [6.07, 6.45) is 1.95. The van der Waals surface area contributed by atoms with Crippen LogP contribution in [0.2, 0.25) is 5.02 Å². The average molecular weight is 300 g/mol. The minimum absolute atomic E-state index is 0.128. The lowest BCUT2D eigenvalue weighted by atomic mass is 9.76. The van der Waals surface area contributed by atoms with Crippen molar-refractivity contribution in [2.45, 2.75) is 32.7 Å². The molecule has 0 atom stereocenters. The Bertz CT molecular complexity index is 499. The van der Waals surface area contributed by atoms with Crippen molar-refractivity contribution in [3.8, 4) is 0 Å². The fraction of sp³-hybridized carbons (Fsp3) is 0.533. The highest BCUT2D eigenvalue weighted by Crippen LogP contribution is 2.35. The summed E-state index contributed by atoms with van der Waals surface area (Å²) in [7, 11) is 0. The molecule has 0 aromatic heterocycles. The van der Waals surface area contributed by atoms with E-state index in [0.717, 1.165) is 18.7 Å². The summed E-state index contributed by atoms with van der Waals surface area (Å²) < 4.78 is 13.4. The van der Waals surface area contributed by atoms with Crippen LogP contribution < -0.4 is 0 Å². The number of nitrogens with zero attached hydrogens (tertiary/aromatic N) is 1. The maximum Gasteiger partial charge on any atom is 0.309 e. The summed E-state index contributed by atoms with van der Waals surface area (Å²) in [5, 5.41) is 9.48. The zero-order chi connectivity index (χ0) is 14.8. The molecule has 0 aliphatic carbocycles. The molecular weight excluding hydrogens is 281 g/mol. The van der Waals surface area contributed by atoms with E-state index in [0.29, 0.717) is 25.8 Å². The molecule has 110 valence electrons. The first-order valence-corrected chi connectivity index (χ1v) is 7.24. The van der Waals surface area contributed by atoms with Crippen molar-refractivity contribution in [2.75, 3.05) is 13.1 Å². The van der Waals surface area contributed by atoms with Crippen molar-refractivity contribution >= 4 is 17.6 Å². The summed E-state index contributed by atoms with van der Waals surface area (Å²) in [6.45, 7) is 4.01. The highest BCUT2D eigenvalue weighted by atomic mass is 35.5. The Morgan fingerprint density at radius 2 is 2.10 bits per heavy atom. The van der Waals surface area contributed by atoms with Gasteiger partial charge in [-0.15, -0.1) is 0 Å². The van der Waals surface area contributed by atoms with E-state index in [2.05, 4.69) is 4.90 Å². The van der Waals surface area contributed by atoms with Crippen molar-refractivity contribution in [2.24, 2.45) is 5.41 Å². The van der Waals surface area contributed by atoms with Crippen molar-refractivity contribution in [1.82, 2.24) is 4.90 Å². The largest absolute Gasteiger partial charge is 0.481 e. The summed E-state index contributed by atoms with van der Waals surface area (Å²) in [6, 6.07) is 4.81. The first-order chi connectivity index (χ1) is 9.47. The summed E-state index contributed by atoms with van der Waals surface area (Å²) in [4.78, 5) is 13.5. The van der Waals surface area contributed by atoms with Gasteiger partial charge in [0.25, 0.3) is 0 Å². The topological polar surface area (TPSA) is 40.5 Å². The molecule has 0 radical (unpaired) electrons. The zero-order valence-electron chi connectivity index (χ0n) is 11.5.